The number of hydrogen-bond acceptors (Lipinski definition) is 5. The summed E-state index contributed by atoms with van der Waals surface area (Å²) in [6.07, 6.45) is 0. The number of nitrogens with zero attached hydrogens (tertiary/aromatic N) is 2. The largest absolute Gasteiger partial charge is 0.338 e. The van der Waals surface area contributed by atoms with E-state index in [9.17, 15) is 0 Å². The molecule has 1 heterocycles. The van der Waals surface area contributed by atoms with Gasteiger partial charge in [0.1, 0.15) is 0 Å². The third kappa shape index (κ3) is 4.53. The second kappa shape index (κ2) is 5.68. The maximum atomic E-state index is 5.21. The molecule has 0 amide bonds. The third-order valence-electron chi connectivity index (χ3n) is 2.00. The molecule has 16 heavy (non-hydrogen) atoms. The van der Waals surface area contributed by atoms with Crippen LogP contribution in [-0.2, 0) is 5.75 Å². The highest BCUT2D eigenvalue weighted by atomic mass is 32.2. The molecule has 92 valence electrons. The Labute approximate surface area is 102 Å². The Morgan fingerprint density at radius 3 is 2.69 bits per heavy atom. The average molecular weight is 243 g/mol. The summed E-state index contributed by atoms with van der Waals surface area (Å²) in [7, 11) is 0. The molecule has 0 saturated heterocycles. The fourth-order valence-corrected chi connectivity index (χ4v) is 1.86. The minimum Gasteiger partial charge on any atom is -0.338 e. The van der Waals surface area contributed by atoms with Crippen LogP contribution in [0.15, 0.2) is 4.52 Å². The van der Waals surface area contributed by atoms with Crippen molar-refractivity contribution < 1.29 is 4.52 Å². The number of aromatic nitrogens is 2. The Kier molecular flexibility index (Phi) is 4.80. The van der Waals surface area contributed by atoms with Gasteiger partial charge >= 0.3 is 0 Å². The van der Waals surface area contributed by atoms with Crippen LogP contribution < -0.4 is 5.32 Å². The fourth-order valence-electron chi connectivity index (χ4n) is 1.18. The summed E-state index contributed by atoms with van der Waals surface area (Å²) in [5.74, 6) is 2.25. The molecule has 1 aromatic rings. The lowest BCUT2D eigenvalue weighted by molar-refractivity contribution is 0.339. The fraction of sp³-hybridized carbons (Fsp3) is 0.818. The van der Waals surface area contributed by atoms with Crippen molar-refractivity contribution in [2.45, 2.75) is 51.2 Å². The predicted octanol–water partition coefficient (Wildman–Crippen LogP) is 2.77. The molecule has 0 bridgehead atoms. The van der Waals surface area contributed by atoms with Gasteiger partial charge in [0, 0.05) is 4.75 Å². The Bertz CT molecular complexity index is 319. The molecule has 5 heteroatoms. The van der Waals surface area contributed by atoms with E-state index < -0.39 is 0 Å². The zero-order valence-corrected chi connectivity index (χ0v) is 11.5. The molecule has 4 nitrogen and oxygen atoms in total. The van der Waals surface area contributed by atoms with Crippen molar-refractivity contribution in [1.82, 2.24) is 15.5 Å². The van der Waals surface area contributed by atoms with Crippen molar-refractivity contribution in [1.29, 1.82) is 0 Å². The topological polar surface area (TPSA) is 51.0 Å². The molecule has 0 spiro atoms. The van der Waals surface area contributed by atoms with Crippen LogP contribution in [0.3, 0.4) is 0 Å². The quantitative estimate of drug-likeness (QED) is 0.861. The van der Waals surface area contributed by atoms with E-state index in [-0.39, 0.29) is 10.8 Å². The van der Waals surface area contributed by atoms with Crippen LogP contribution in [0, 0.1) is 0 Å². The van der Waals surface area contributed by atoms with Crippen molar-refractivity contribution >= 4 is 11.8 Å². The zero-order valence-electron chi connectivity index (χ0n) is 10.7. The molecule has 1 N–H and O–H groups in total. The monoisotopic (exact) mass is 243 g/mol. The van der Waals surface area contributed by atoms with E-state index in [0.29, 0.717) is 5.89 Å². The normalized spacial score (nSPS) is 14.1. The molecule has 1 aromatic heterocycles. The van der Waals surface area contributed by atoms with E-state index in [1.807, 2.05) is 18.7 Å². The van der Waals surface area contributed by atoms with Gasteiger partial charge in [0.2, 0.25) is 5.89 Å². The van der Waals surface area contributed by atoms with Crippen molar-refractivity contribution in [3.63, 3.8) is 0 Å². The Balaban J connectivity index is 2.51. The first-order valence-corrected chi connectivity index (χ1v) is 6.60. The van der Waals surface area contributed by atoms with Gasteiger partial charge in [-0.1, -0.05) is 32.9 Å². The third-order valence-corrected chi connectivity index (χ3v) is 3.27. The highest BCUT2D eigenvalue weighted by molar-refractivity contribution is 7.99. The van der Waals surface area contributed by atoms with Gasteiger partial charge in [0.15, 0.2) is 5.82 Å². The molecule has 0 aliphatic rings. The SMILES string of the molecule is CCNC(C)c1nc(CSC(C)(C)C)no1. The first-order valence-electron chi connectivity index (χ1n) is 5.62. The lowest BCUT2D eigenvalue weighted by Crippen LogP contribution is -2.18. The van der Waals surface area contributed by atoms with Crippen LogP contribution in [0.2, 0.25) is 0 Å². The van der Waals surface area contributed by atoms with E-state index in [2.05, 4.69) is 43.2 Å². The molecule has 0 aliphatic carbocycles. The molecule has 0 aromatic carbocycles. The standard InChI is InChI=1S/C11H21N3OS/c1-6-12-8(2)10-13-9(14-15-10)7-16-11(3,4)5/h8,12H,6-7H2,1-5H3. The lowest BCUT2D eigenvalue weighted by atomic mass is 10.3. The average Bonchev–Trinajstić information content (AvgIpc) is 2.62. The molecular formula is C11H21N3OS. The minimum atomic E-state index is 0.130. The van der Waals surface area contributed by atoms with Crippen LogP contribution in [0.25, 0.3) is 0 Å². The van der Waals surface area contributed by atoms with Crippen molar-refractivity contribution in [3.8, 4) is 0 Å². The minimum absolute atomic E-state index is 0.130. The van der Waals surface area contributed by atoms with E-state index in [0.717, 1.165) is 18.1 Å². The van der Waals surface area contributed by atoms with E-state index in [4.69, 9.17) is 4.52 Å². The zero-order chi connectivity index (χ0) is 12.2. The Morgan fingerprint density at radius 1 is 1.44 bits per heavy atom. The summed E-state index contributed by atoms with van der Waals surface area (Å²) in [6.45, 7) is 11.5. The summed E-state index contributed by atoms with van der Waals surface area (Å²) in [5.41, 5.74) is 0. The summed E-state index contributed by atoms with van der Waals surface area (Å²) < 4.78 is 5.44. The van der Waals surface area contributed by atoms with Gasteiger partial charge in [-0.3, -0.25) is 0 Å². The smallest absolute Gasteiger partial charge is 0.243 e. The summed E-state index contributed by atoms with van der Waals surface area (Å²) in [6, 6.07) is 0.130. The van der Waals surface area contributed by atoms with Gasteiger partial charge in [-0.25, -0.2) is 0 Å². The Hall–Kier alpha value is -0.550. The van der Waals surface area contributed by atoms with E-state index in [1.165, 1.54) is 0 Å². The maximum absolute atomic E-state index is 5.21. The first-order chi connectivity index (χ1) is 7.42. The second-order valence-corrected chi connectivity index (χ2v) is 6.53. The highest BCUT2D eigenvalue weighted by Gasteiger charge is 2.16. The van der Waals surface area contributed by atoms with Crippen molar-refractivity contribution in [2.75, 3.05) is 6.54 Å². The van der Waals surface area contributed by atoms with Gasteiger partial charge in [0.05, 0.1) is 11.8 Å². The van der Waals surface area contributed by atoms with Crippen LogP contribution in [0.1, 0.15) is 52.4 Å². The van der Waals surface area contributed by atoms with Gasteiger partial charge in [-0.2, -0.15) is 4.98 Å². The first kappa shape index (κ1) is 13.5. The summed E-state index contributed by atoms with van der Waals surface area (Å²) in [5, 5.41) is 7.22. The van der Waals surface area contributed by atoms with Gasteiger partial charge in [-0.15, -0.1) is 11.8 Å². The maximum Gasteiger partial charge on any atom is 0.243 e. The lowest BCUT2D eigenvalue weighted by Gasteiger charge is -2.15. The van der Waals surface area contributed by atoms with E-state index >= 15 is 0 Å². The summed E-state index contributed by atoms with van der Waals surface area (Å²) in [4.78, 5) is 4.37. The predicted molar refractivity (Wildman–Crippen MR) is 67.4 cm³/mol. The number of nitrogens with one attached hydrogen (secondary N) is 1. The van der Waals surface area contributed by atoms with Crippen LogP contribution in [0.5, 0.6) is 0 Å². The van der Waals surface area contributed by atoms with Crippen molar-refractivity contribution in [2.24, 2.45) is 0 Å². The van der Waals surface area contributed by atoms with Crippen molar-refractivity contribution in [3.05, 3.63) is 11.7 Å². The molecule has 0 saturated carbocycles. The van der Waals surface area contributed by atoms with E-state index in [1.54, 1.807) is 0 Å². The molecule has 0 radical (unpaired) electrons. The van der Waals surface area contributed by atoms with Gasteiger partial charge in [0.25, 0.3) is 0 Å². The molecule has 1 unspecified atom stereocenters. The molecular weight excluding hydrogens is 222 g/mol. The number of hydrogen-bond donors (Lipinski definition) is 1. The second-order valence-electron chi connectivity index (χ2n) is 4.73. The van der Waals surface area contributed by atoms with Gasteiger partial charge < -0.3 is 9.84 Å². The number of thioether (sulfide) groups is 1. The highest BCUT2D eigenvalue weighted by Crippen LogP contribution is 2.26. The van der Waals surface area contributed by atoms with Crippen LogP contribution >= 0.6 is 11.8 Å². The summed E-state index contributed by atoms with van der Waals surface area (Å²) >= 11 is 1.82. The molecule has 0 fully saturated rings. The molecule has 1 rings (SSSR count). The Morgan fingerprint density at radius 2 is 2.12 bits per heavy atom. The molecule has 1 atom stereocenters. The molecule has 0 aliphatic heterocycles. The number of rotatable bonds is 5. The van der Waals surface area contributed by atoms with Gasteiger partial charge in [-0.05, 0) is 13.5 Å². The van der Waals surface area contributed by atoms with Crippen LogP contribution in [-0.4, -0.2) is 21.4 Å². The van der Waals surface area contributed by atoms with Crippen LogP contribution in [0.4, 0.5) is 0 Å².